The highest BCUT2D eigenvalue weighted by Gasteiger charge is 2.18. The van der Waals surface area contributed by atoms with Crippen LogP contribution in [0.1, 0.15) is 31.6 Å². The van der Waals surface area contributed by atoms with E-state index in [-0.39, 0.29) is 0 Å². The molecule has 11 heavy (non-hydrogen) atoms. The molecule has 2 atom stereocenters. The summed E-state index contributed by atoms with van der Waals surface area (Å²) in [5, 5.41) is 3.45. The molecule has 1 aliphatic rings. The Morgan fingerprint density at radius 2 is 2.36 bits per heavy atom. The molecule has 0 radical (unpaired) electrons. The maximum absolute atomic E-state index is 3.45. The summed E-state index contributed by atoms with van der Waals surface area (Å²) < 4.78 is 2.35. The molecule has 0 aliphatic carbocycles. The monoisotopic (exact) mass is 150 g/mol. The summed E-state index contributed by atoms with van der Waals surface area (Å²) in [5.74, 6) is 0. The van der Waals surface area contributed by atoms with E-state index in [0.29, 0.717) is 12.1 Å². The number of hydrogen-bond donors (Lipinski definition) is 1. The lowest BCUT2D eigenvalue weighted by molar-refractivity contribution is 0.383. The van der Waals surface area contributed by atoms with E-state index in [9.17, 15) is 0 Å². The van der Waals surface area contributed by atoms with Crippen LogP contribution in [-0.4, -0.2) is 11.1 Å². The quantitative estimate of drug-likeness (QED) is 0.595. The Morgan fingerprint density at radius 3 is 3.09 bits per heavy atom. The van der Waals surface area contributed by atoms with Crippen LogP contribution in [0.4, 0.5) is 0 Å². The topological polar surface area (TPSA) is 17.0 Å². The van der Waals surface area contributed by atoms with Crippen LogP contribution in [0.2, 0.25) is 0 Å². The summed E-state index contributed by atoms with van der Waals surface area (Å²) in [7, 11) is 0. The summed E-state index contributed by atoms with van der Waals surface area (Å²) in [6.07, 6.45) is 2.16. The molecule has 0 saturated carbocycles. The van der Waals surface area contributed by atoms with Gasteiger partial charge in [-0.05, 0) is 26.0 Å². The smallest absolute Gasteiger partial charge is 0.0447 e. The SMILES string of the molecule is CC1NCC(C)n2cccc21. The molecule has 1 aliphatic heterocycles. The van der Waals surface area contributed by atoms with E-state index < -0.39 is 0 Å². The molecule has 0 fully saturated rings. The van der Waals surface area contributed by atoms with E-state index in [1.54, 1.807) is 0 Å². The Balaban J connectivity index is 2.43. The molecule has 1 N–H and O–H groups in total. The van der Waals surface area contributed by atoms with Gasteiger partial charge in [0.15, 0.2) is 0 Å². The van der Waals surface area contributed by atoms with Gasteiger partial charge in [0.2, 0.25) is 0 Å². The number of rotatable bonds is 0. The molecule has 0 saturated heterocycles. The van der Waals surface area contributed by atoms with E-state index in [0.717, 1.165) is 6.54 Å². The van der Waals surface area contributed by atoms with Gasteiger partial charge in [-0.1, -0.05) is 0 Å². The third kappa shape index (κ3) is 0.979. The Kier molecular flexibility index (Phi) is 1.50. The minimum Gasteiger partial charge on any atom is -0.346 e. The highest BCUT2D eigenvalue weighted by atomic mass is 15.1. The van der Waals surface area contributed by atoms with Crippen molar-refractivity contribution >= 4 is 0 Å². The molecule has 2 rings (SSSR count). The summed E-state index contributed by atoms with van der Waals surface area (Å²) >= 11 is 0. The second-order valence-corrected chi connectivity index (χ2v) is 3.32. The van der Waals surface area contributed by atoms with E-state index >= 15 is 0 Å². The van der Waals surface area contributed by atoms with Gasteiger partial charge in [0, 0.05) is 30.5 Å². The van der Waals surface area contributed by atoms with E-state index in [4.69, 9.17) is 0 Å². The number of nitrogens with zero attached hydrogens (tertiary/aromatic N) is 1. The summed E-state index contributed by atoms with van der Waals surface area (Å²) in [5.41, 5.74) is 1.41. The van der Waals surface area contributed by atoms with Gasteiger partial charge in [0.25, 0.3) is 0 Å². The molecule has 2 unspecified atom stereocenters. The fourth-order valence-electron chi connectivity index (χ4n) is 1.73. The first-order valence-corrected chi connectivity index (χ1v) is 4.19. The van der Waals surface area contributed by atoms with Crippen molar-refractivity contribution in [3.63, 3.8) is 0 Å². The van der Waals surface area contributed by atoms with Crippen LogP contribution in [0.25, 0.3) is 0 Å². The minimum atomic E-state index is 0.515. The molecule has 2 nitrogen and oxygen atoms in total. The van der Waals surface area contributed by atoms with E-state index in [1.165, 1.54) is 5.69 Å². The molecule has 0 amide bonds. The third-order valence-corrected chi connectivity index (χ3v) is 2.45. The predicted molar refractivity (Wildman–Crippen MR) is 45.6 cm³/mol. The largest absolute Gasteiger partial charge is 0.346 e. The molecule has 0 aromatic carbocycles. The van der Waals surface area contributed by atoms with Crippen molar-refractivity contribution in [3.8, 4) is 0 Å². The summed E-state index contributed by atoms with van der Waals surface area (Å²) in [4.78, 5) is 0. The second-order valence-electron chi connectivity index (χ2n) is 3.32. The lowest BCUT2D eigenvalue weighted by Crippen LogP contribution is -2.33. The highest BCUT2D eigenvalue weighted by molar-refractivity contribution is 5.14. The maximum Gasteiger partial charge on any atom is 0.0447 e. The number of aromatic nitrogens is 1. The fraction of sp³-hybridized carbons (Fsp3) is 0.556. The first-order valence-electron chi connectivity index (χ1n) is 4.19. The Labute approximate surface area is 67.2 Å². The van der Waals surface area contributed by atoms with Crippen molar-refractivity contribution in [1.82, 2.24) is 9.88 Å². The van der Waals surface area contributed by atoms with Crippen molar-refractivity contribution in [2.75, 3.05) is 6.54 Å². The second kappa shape index (κ2) is 2.38. The average Bonchev–Trinajstić information content (AvgIpc) is 2.45. The van der Waals surface area contributed by atoms with Gasteiger partial charge in [0.05, 0.1) is 0 Å². The van der Waals surface area contributed by atoms with Gasteiger partial charge < -0.3 is 9.88 Å². The Hall–Kier alpha value is -0.760. The van der Waals surface area contributed by atoms with Crippen molar-refractivity contribution in [1.29, 1.82) is 0 Å². The van der Waals surface area contributed by atoms with E-state index in [1.807, 2.05) is 0 Å². The normalized spacial score (nSPS) is 30.0. The maximum atomic E-state index is 3.45. The minimum absolute atomic E-state index is 0.515. The number of hydrogen-bond acceptors (Lipinski definition) is 1. The van der Waals surface area contributed by atoms with Crippen LogP contribution in [0.15, 0.2) is 18.3 Å². The molecule has 2 heteroatoms. The van der Waals surface area contributed by atoms with Crippen LogP contribution >= 0.6 is 0 Å². The van der Waals surface area contributed by atoms with Crippen LogP contribution in [0.3, 0.4) is 0 Å². The van der Waals surface area contributed by atoms with Crippen LogP contribution in [0.5, 0.6) is 0 Å². The van der Waals surface area contributed by atoms with Crippen molar-refractivity contribution in [3.05, 3.63) is 24.0 Å². The lowest BCUT2D eigenvalue weighted by atomic mass is 10.1. The average molecular weight is 150 g/mol. The summed E-state index contributed by atoms with van der Waals surface area (Å²) in [6, 6.07) is 5.43. The zero-order chi connectivity index (χ0) is 7.84. The molecule has 0 spiro atoms. The van der Waals surface area contributed by atoms with Crippen molar-refractivity contribution < 1.29 is 0 Å². The van der Waals surface area contributed by atoms with Gasteiger partial charge in [-0.2, -0.15) is 0 Å². The van der Waals surface area contributed by atoms with Gasteiger partial charge in [-0.15, -0.1) is 0 Å². The van der Waals surface area contributed by atoms with Crippen LogP contribution < -0.4 is 5.32 Å². The molecule has 60 valence electrons. The zero-order valence-electron chi connectivity index (χ0n) is 7.04. The van der Waals surface area contributed by atoms with Gasteiger partial charge in [0.1, 0.15) is 0 Å². The molecule has 0 bridgehead atoms. The van der Waals surface area contributed by atoms with Crippen LogP contribution in [-0.2, 0) is 0 Å². The standard InChI is InChI=1S/C9H14N2/c1-7-6-10-8(2)9-4-3-5-11(7)9/h3-5,7-8,10H,6H2,1-2H3. The first-order chi connectivity index (χ1) is 5.29. The Bertz CT molecular complexity index is 227. The fourth-order valence-corrected chi connectivity index (χ4v) is 1.73. The molecular formula is C9H14N2. The number of nitrogens with one attached hydrogen (secondary N) is 1. The third-order valence-electron chi connectivity index (χ3n) is 2.45. The van der Waals surface area contributed by atoms with Crippen molar-refractivity contribution in [2.24, 2.45) is 0 Å². The van der Waals surface area contributed by atoms with E-state index in [2.05, 4.69) is 42.1 Å². The number of fused-ring (bicyclic) bond motifs is 1. The van der Waals surface area contributed by atoms with Crippen LogP contribution in [0, 0.1) is 0 Å². The molecule has 1 aromatic rings. The highest BCUT2D eigenvalue weighted by Crippen LogP contribution is 2.22. The van der Waals surface area contributed by atoms with Crippen molar-refractivity contribution in [2.45, 2.75) is 25.9 Å². The van der Waals surface area contributed by atoms with Gasteiger partial charge >= 0.3 is 0 Å². The first kappa shape index (κ1) is 6.92. The summed E-state index contributed by atoms with van der Waals surface area (Å²) in [6.45, 7) is 5.53. The lowest BCUT2D eigenvalue weighted by Gasteiger charge is -2.28. The molecular weight excluding hydrogens is 136 g/mol. The molecule has 1 aromatic heterocycles. The molecule has 2 heterocycles. The van der Waals surface area contributed by atoms with Gasteiger partial charge in [-0.25, -0.2) is 0 Å². The Morgan fingerprint density at radius 1 is 1.55 bits per heavy atom. The van der Waals surface area contributed by atoms with Gasteiger partial charge in [-0.3, -0.25) is 0 Å². The zero-order valence-corrected chi connectivity index (χ0v) is 7.04. The predicted octanol–water partition coefficient (Wildman–Crippen LogP) is 1.71.